The van der Waals surface area contributed by atoms with E-state index in [0.29, 0.717) is 30.2 Å². The Bertz CT molecular complexity index is 1100. The van der Waals surface area contributed by atoms with E-state index in [4.69, 9.17) is 14.2 Å². The minimum atomic E-state index is -0.823. The van der Waals surface area contributed by atoms with E-state index < -0.39 is 12.0 Å². The molecule has 2 atom stereocenters. The molecule has 0 radical (unpaired) electrons. The Balaban J connectivity index is 1.93. The van der Waals surface area contributed by atoms with E-state index in [-0.39, 0.29) is 6.04 Å². The number of aromatic nitrogens is 1. The highest BCUT2D eigenvalue weighted by Gasteiger charge is 2.39. The number of hydrogen-bond acceptors (Lipinski definition) is 6. The van der Waals surface area contributed by atoms with Crippen LogP contribution in [0.5, 0.6) is 17.2 Å². The Hall–Kier alpha value is -3.32. The molecule has 1 aromatic heterocycles. The van der Waals surface area contributed by atoms with Crippen molar-refractivity contribution in [1.82, 2.24) is 9.88 Å². The maximum Gasteiger partial charge on any atom is 0.320 e. The van der Waals surface area contributed by atoms with Crippen molar-refractivity contribution in [1.29, 1.82) is 0 Å². The Morgan fingerprint density at radius 3 is 2.58 bits per heavy atom. The van der Waals surface area contributed by atoms with E-state index in [2.05, 4.69) is 11.1 Å². The van der Waals surface area contributed by atoms with Gasteiger partial charge in [0.05, 0.1) is 32.9 Å². The average molecular weight is 422 g/mol. The van der Waals surface area contributed by atoms with E-state index in [0.717, 1.165) is 28.5 Å². The number of ether oxygens (including phenoxy) is 3. The molecule has 7 nitrogen and oxygen atoms in total. The second-order valence-electron chi connectivity index (χ2n) is 7.52. The fourth-order valence-corrected chi connectivity index (χ4v) is 4.49. The zero-order valence-electron chi connectivity index (χ0n) is 17.9. The Kier molecular flexibility index (Phi) is 5.95. The molecule has 2 aromatic carbocycles. The molecule has 7 heteroatoms. The Morgan fingerprint density at radius 1 is 1.10 bits per heavy atom. The lowest BCUT2D eigenvalue weighted by Gasteiger charge is -2.33. The van der Waals surface area contributed by atoms with E-state index >= 15 is 0 Å². The molecule has 1 fully saturated rings. The molecular weight excluding hydrogens is 396 g/mol. The number of rotatable bonds is 7. The standard InChI is InChI=1S/C24H26N2O5/c1-29-20-11-10-17(22(30-2)23(20)31-3)21(26-12-6-9-19(26)24(27)28)16-13-15-7-4-5-8-18(15)25-14-16/h4-5,7-8,10-11,13-14,19,21H,6,9,12H2,1-3H3,(H,27,28). The second-order valence-corrected chi connectivity index (χ2v) is 7.52. The van der Waals surface area contributed by atoms with Crippen LogP contribution in [-0.4, -0.2) is 54.9 Å². The average Bonchev–Trinajstić information content (AvgIpc) is 3.28. The molecule has 1 aliphatic rings. The number of benzene rings is 2. The SMILES string of the molecule is COc1ccc(C(c2cnc3ccccc3c2)N2CCCC2C(=O)O)c(OC)c1OC. The Labute approximate surface area is 181 Å². The molecular formula is C24H26N2O5. The summed E-state index contributed by atoms with van der Waals surface area (Å²) in [6.07, 6.45) is 3.23. The van der Waals surface area contributed by atoms with E-state index in [1.54, 1.807) is 21.3 Å². The van der Waals surface area contributed by atoms with Crippen molar-refractivity contribution >= 4 is 16.9 Å². The monoisotopic (exact) mass is 422 g/mol. The molecule has 0 aliphatic carbocycles. The summed E-state index contributed by atoms with van der Waals surface area (Å²) in [5.74, 6) is 0.730. The van der Waals surface area contributed by atoms with Crippen LogP contribution in [0.4, 0.5) is 0 Å². The first-order chi connectivity index (χ1) is 15.1. The Morgan fingerprint density at radius 2 is 1.87 bits per heavy atom. The fourth-order valence-electron chi connectivity index (χ4n) is 4.49. The van der Waals surface area contributed by atoms with Gasteiger partial charge in [-0.3, -0.25) is 14.7 Å². The molecule has 3 aromatic rings. The fraction of sp³-hybridized carbons (Fsp3) is 0.333. The number of para-hydroxylation sites is 1. The zero-order valence-corrected chi connectivity index (χ0v) is 17.9. The number of nitrogens with zero attached hydrogens (tertiary/aromatic N) is 2. The van der Waals surface area contributed by atoms with Crippen LogP contribution in [0, 0.1) is 0 Å². The summed E-state index contributed by atoms with van der Waals surface area (Å²) in [4.78, 5) is 18.7. The van der Waals surface area contributed by atoms with E-state index in [1.807, 2.05) is 47.5 Å². The molecule has 162 valence electrons. The third kappa shape index (κ3) is 3.77. The first-order valence-corrected chi connectivity index (χ1v) is 10.2. The van der Waals surface area contributed by atoms with E-state index in [9.17, 15) is 9.90 Å². The smallest absolute Gasteiger partial charge is 0.320 e. The topological polar surface area (TPSA) is 81.1 Å². The van der Waals surface area contributed by atoms with Gasteiger partial charge in [-0.1, -0.05) is 18.2 Å². The maximum atomic E-state index is 12.0. The van der Waals surface area contributed by atoms with Gasteiger partial charge in [-0.15, -0.1) is 0 Å². The van der Waals surface area contributed by atoms with Crippen molar-refractivity contribution in [2.75, 3.05) is 27.9 Å². The van der Waals surface area contributed by atoms with Crippen molar-refractivity contribution in [3.8, 4) is 17.2 Å². The number of fused-ring (bicyclic) bond motifs is 1. The van der Waals surface area contributed by atoms with Crippen molar-refractivity contribution in [3.05, 3.63) is 59.8 Å². The summed E-state index contributed by atoms with van der Waals surface area (Å²) < 4.78 is 16.8. The molecule has 0 spiro atoms. The van der Waals surface area contributed by atoms with Gasteiger partial charge in [-0.2, -0.15) is 0 Å². The van der Waals surface area contributed by atoms with Gasteiger partial charge in [0, 0.05) is 23.7 Å². The van der Waals surface area contributed by atoms with E-state index in [1.165, 1.54) is 0 Å². The minimum absolute atomic E-state index is 0.365. The zero-order chi connectivity index (χ0) is 22.0. The summed E-state index contributed by atoms with van der Waals surface area (Å²) >= 11 is 0. The molecule has 31 heavy (non-hydrogen) atoms. The highest BCUT2D eigenvalue weighted by atomic mass is 16.5. The summed E-state index contributed by atoms with van der Waals surface area (Å²) in [5.41, 5.74) is 2.60. The molecule has 0 saturated carbocycles. The van der Waals surface area contributed by atoms with Crippen LogP contribution < -0.4 is 14.2 Å². The molecule has 0 amide bonds. The number of methoxy groups -OCH3 is 3. The largest absolute Gasteiger partial charge is 0.493 e. The van der Waals surface area contributed by atoms with Gasteiger partial charge in [-0.05, 0) is 42.7 Å². The summed E-state index contributed by atoms with van der Waals surface area (Å²) in [5, 5.41) is 10.9. The van der Waals surface area contributed by atoms with Crippen molar-refractivity contribution < 1.29 is 24.1 Å². The summed E-state index contributed by atoms with van der Waals surface area (Å²) in [7, 11) is 4.71. The lowest BCUT2D eigenvalue weighted by Crippen LogP contribution is -2.39. The molecule has 1 N–H and O–H groups in total. The highest BCUT2D eigenvalue weighted by Crippen LogP contribution is 2.46. The van der Waals surface area contributed by atoms with Crippen LogP contribution in [0.2, 0.25) is 0 Å². The first-order valence-electron chi connectivity index (χ1n) is 10.2. The molecule has 1 saturated heterocycles. The highest BCUT2D eigenvalue weighted by molar-refractivity contribution is 5.79. The van der Waals surface area contributed by atoms with Gasteiger partial charge in [0.1, 0.15) is 6.04 Å². The van der Waals surface area contributed by atoms with Crippen molar-refractivity contribution in [2.45, 2.75) is 24.9 Å². The predicted molar refractivity (Wildman–Crippen MR) is 117 cm³/mol. The van der Waals surface area contributed by atoms with Crippen LogP contribution in [0.15, 0.2) is 48.7 Å². The van der Waals surface area contributed by atoms with Crippen LogP contribution in [0.1, 0.15) is 30.0 Å². The van der Waals surface area contributed by atoms with Gasteiger partial charge >= 0.3 is 5.97 Å². The van der Waals surface area contributed by atoms with Gasteiger partial charge in [0.15, 0.2) is 11.5 Å². The second kappa shape index (κ2) is 8.81. The number of carboxylic acid groups (broad SMARTS) is 1. The number of aliphatic carboxylic acids is 1. The molecule has 0 bridgehead atoms. The number of carbonyl (C=O) groups is 1. The minimum Gasteiger partial charge on any atom is -0.493 e. The maximum absolute atomic E-state index is 12.0. The van der Waals surface area contributed by atoms with Gasteiger partial charge in [-0.25, -0.2) is 0 Å². The third-order valence-electron chi connectivity index (χ3n) is 5.87. The van der Waals surface area contributed by atoms with Gasteiger partial charge in [0.25, 0.3) is 0 Å². The van der Waals surface area contributed by atoms with Crippen molar-refractivity contribution in [3.63, 3.8) is 0 Å². The predicted octanol–water partition coefficient (Wildman–Crippen LogP) is 3.90. The van der Waals surface area contributed by atoms with Crippen LogP contribution in [0.25, 0.3) is 10.9 Å². The number of likely N-dealkylation sites (tertiary alicyclic amines) is 1. The summed E-state index contributed by atoms with van der Waals surface area (Å²) in [6, 6.07) is 12.7. The third-order valence-corrected chi connectivity index (χ3v) is 5.87. The normalized spacial score (nSPS) is 17.5. The lowest BCUT2D eigenvalue weighted by atomic mass is 9.95. The van der Waals surface area contributed by atoms with Crippen LogP contribution in [-0.2, 0) is 4.79 Å². The van der Waals surface area contributed by atoms with Crippen LogP contribution in [0.3, 0.4) is 0 Å². The lowest BCUT2D eigenvalue weighted by molar-refractivity contribution is -0.142. The molecule has 2 heterocycles. The quantitative estimate of drug-likeness (QED) is 0.618. The number of hydrogen-bond donors (Lipinski definition) is 1. The van der Waals surface area contributed by atoms with Gasteiger partial charge < -0.3 is 19.3 Å². The van der Waals surface area contributed by atoms with Gasteiger partial charge in [0.2, 0.25) is 5.75 Å². The molecule has 1 aliphatic heterocycles. The first kappa shape index (κ1) is 20.9. The molecule has 2 unspecified atom stereocenters. The number of carboxylic acids is 1. The van der Waals surface area contributed by atoms with Crippen LogP contribution >= 0.6 is 0 Å². The molecule has 4 rings (SSSR count). The summed E-state index contributed by atoms with van der Waals surface area (Å²) in [6.45, 7) is 0.659. The van der Waals surface area contributed by atoms with Crippen molar-refractivity contribution in [2.24, 2.45) is 0 Å². The number of pyridine rings is 1.